The van der Waals surface area contributed by atoms with Gasteiger partial charge < -0.3 is 10.2 Å². The summed E-state index contributed by atoms with van der Waals surface area (Å²) in [5.41, 5.74) is 0. The topological polar surface area (TPSA) is 74.6 Å². The number of aliphatic carboxylic acids is 2. The SMILES string of the molecule is CCCCC1CCCC(C(=O)O)C1C(=O)O.[AlH3]. The highest BCUT2D eigenvalue weighted by Gasteiger charge is 2.41. The van der Waals surface area contributed by atoms with Crippen LogP contribution in [0.2, 0.25) is 0 Å². The van der Waals surface area contributed by atoms with Crippen LogP contribution in [0.4, 0.5) is 0 Å². The third-order valence-electron chi connectivity index (χ3n) is 3.56. The average molecular weight is 258 g/mol. The van der Waals surface area contributed by atoms with E-state index in [1.54, 1.807) is 0 Å². The standard InChI is InChI=1S/C12H20O4.Al.3H/c1-2-3-5-8-6-4-7-9(11(13)14)10(8)12(15)16;;;;/h8-10H,2-7H2,1H3,(H,13,14)(H,15,16);;;;. The number of carboxylic acid groups (broad SMARTS) is 2. The van der Waals surface area contributed by atoms with Gasteiger partial charge >= 0.3 is 11.9 Å². The summed E-state index contributed by atoms with van der Waals surface area (Å²) in [5, 5.41) is 18.2. The van der Waals surface area contributed by atoms with Gasteiger partial charge in [0.05, 0.1) is 11.8 Å². The van der Waals surface area contributed by atoms with Crippen molar-refractivity contribution >= 4 is 29.3 Å². The molecular formula is C12H23AlO4. The summed E-state index contributed by atoms with van der Waals surface area (Å²) in [5.74, 6) is -3.21. The van der Waals surface area contributed by atoms with E-state index < -0.39 is 23.8 Å². The molecule has 5 heteroatoms. The molecule has 0 aromatic carbocycles. The number of carboxylic acids is 2. The predicted molar refractivity (Wildman–Crippen MR) is 69.1 cm³/mol. The highest BCUT2D eigenvalue weighted by Crippen LogP contribution is 2.38. The van der Waals surface area contributed by atoms with E-state index >= 15 is 0 Å². The molecule has 0 spiro atoms. The van der Waals surface area contributed by atoms with Crippen molar-refractivity contribution in [2.75, 3.05) is 0 Å². The first-order chi connectivity index (χ1) is 7.57. The van der Waals surface area contributed by atoms with Crippen LogP contribution in [-0.4, -0.2) is 39.5 Å². The van der Waals surface area contributed by atoms with Crippen molar-refractivity contribution in [3.05, 3.63) is 0 Å². The molecule has 4 nitrogen and oxygen atoms in total. The number of hydrogen-bond donors (Lipinski definition) is 2. The Hall–Kier alpha value is -0.528. The van der Waals surface area contributed by atoms with Crippen LogP contribution in [-0.2, 0) is 9.59 Å². The molecule has 1 aliphatic rings. The van der Waals surface area contributed by atoms with Crippen LogP contribution in [0.25, 0.3) is 0 Å². The fourth-order valence-corrected chi connectivity index (χ4v) is 2.73. The Labute approximate surface area is 113 Å². The lowest BCUT2D eigenvalue weighted by Gasteiger charge is -2.33. The van der Waals surface area contributed by atoms with E-state index in [4.69, 9.17) is 10.2 Å². The number of carbonyl (C=O) groups is 2. The Kier molecular flexibility index (Phi) is 7.49. The van der Waals surface area contributed by atoms with Gasteiger partial charge in [-0.1, -0.05) is 26.2 Å². The van der Waals surface area contributed by atoms with Gasteiger partial charge in [0.1, 0.15) is 0 Å². The van der Waals surface area contributed by atoms with E-state index in [-0.39, 0.29) is 23.3 Å². The largest absolute Gasteiger partial charge is 0.481 e. The van der Waals surface area contributed by atoms with Gasteiger partial charge in [0.15, 0.2) is 17.4 Å². The van der Waals surface area contributed by atoms with Crippen molar-refractivity contribution in [2.24, 2.45) is 17.8 Å². The minimum Gasteiger partial charge on any atom is -0.481 e. The summed E-state index contributed by atoms with van der Waals surface area (Å²) < 4.78 is 0. The summed E-state index contributed by atoms with van der Waals surface area (Å²) in [6, 6.07) is 0. The van der Waals surface area contributed by atoms with Crippen molar-refractivity contribution < 1.29 is 19.8 Å². The van der Waals surface area contributed by atoms with Gasteiger partial charge in [-0.25, -0.2) is 0 Å². The molecule has 1 saturated carbocycles. The molecule has 17 heavy (non-hydrogen) atoms. The van der Waals surface area contributed by atoms with Gasteiger partial charge in [-0.05, 0) is 25.2 Å². The second-order valence-corrected chi connectivity index (χ2v) is 4.64. The summed E-state index contributed by atoms with van der Waals surface area (Å²) >= 11 is 0. The molecule has 0 bridgehead atoms. The van der Waals surface area contributed by atoms with Crippen LogP contribution in [0, 0.1) is 17.8 Å². The first kappa shape index (κ1) is 16.5. The highest BCUT2D eigenvalue weighted by molar-refractivity contribution is 5.80. The van der Waals surface area contributed by atoms with E-state index in [1.165, 1.54) is 0 Å². The predicted octanol–water partition coefficient (Wildman–Crippen LogP) is 1.19. The molecule has 2 N–H and O–H groups in total. The second kappa shape index (κ2) is 7.73. The molecule has 0 aromatic heterocycles. The van der Waals surface area contributed by atoms with Crippen molar-refractivity contribution in [1.29, 1.82) is 0 Å². The monoisotopic (exact) mass is 258 g/mol. The quantitative estimate of drug-likeness (QED) is 0.726. The molecule has 3 unspecified atom stereocenters. The van der Waals surface area contributed by atoms with Crippen LogP contribution in [0.15, 0.2) is 0 Å². The van der Waals surface area contributed by atoms with Crippen molar-refractivity contribution in [3.63, 3.8) is 0 Å². The summed E-state index contributed by atoms with van der Waals surface area (Å²) in [4.78, 5) is 22.2. The van der Waals surface area contributed by atoms with Crippen LogP contribution in [0.5, 0.6) is 0 Å². The molecule has 0 aliphatic heterocycles. The zero-order chi connectivity index (χ0) is 12.1. The van der Waals surface area contributed by atoms with Crippen LogP contribution >= 0.6 is 0 Å². The molecule has 1 aliphatic carbocycles. The fourth-order valence-electron chi connectivity index (χ4n) is 2.73. The summed E-state index contributed by atoms with van der Waals surface area (Å²) in [6.07, 6.45) is 5.07. The first-order valence-electron chi connectivity index (χ1n) is 6.03. The summed E-state index contributed by atoms with van der Waals surface area (Å²) in [7, 11) is 0. The maximum atomic E-state index is 11.2. The molecule has 0 heterocycles. The zero-order valence-corrected chi connectivity index (χ0v) is 9.69. The second-order valence-electron chi connectivity index (χ2n) is 4.64. The van der Waals surface area contributed by atoms with Crippen molar-refractivity contribution in [2.45, 2.75) is 45.4 Å². The van der Waals surface area contributed by atoms with E-state index in [9.17, 15) is 9.59 Å². The van der Waals surface area contributed by atoms with Gasteiger partial charge in [0.25, 0.3) is 0 Å². The number of unbranched alkanes of at least 4 members (excludes halogenated alkanes) is 1. The number of rotatable bonds is 5. The van der Waals surface area contributed by atoms with Crippen LogP contribution < -0.4 is 0 Å². The molecule has 98 valence electrons. The van der Waals surface area contributed by atoms with E-state index in [0.29, 0.717) is 6.42 Å². The molecular weight excluding hydrogens is 235 g/mol. The molecule has 3 atom stereocenters. The molecule has 1 fully saturated rings. The average Bonchev–Trinajstić information content (AvgIpc) is 2.25. The molecule has 0 amide bonds. The fraction of sp³-hybridized carbons (Fsp3) is 0.833. The van der Waals surface area contributed by atoms with Gasteiger partial charge in [0, 0.05) is 0 Å². The zero-order valence-electron chi connectivity index (χ0n) is 9.69. The van der Waals surface area contributed by atoms with Gasteiger partial charge in [-0.15, -0.1) is 0 Å². The minimum atomic E-state index is -0.950. The molecule has 0 aromatic rings. The van der Waals surface area contributed by atoms with Gasteiger partial charge in [-0.2, -0.15) is 0 Å². The maximum Gasteiger partial charge on any atom is 0.307 e. The first-order valence-corrected chi connectivity index (χ1v) is 6.03. The Morgan fingerprint density at radius 3 is 2.29 bits per heavy atom. The number of hydrogen-bond acceptors (Lipinski definition) is 2. The van der Waals surface area contributed by atoms with E-state index in [0.717, 1.165) is 32.1 Å². The van der Waals surface area contributed by atoms with Crippen LogP contribution in [0.3, 0.4) is 0 Å². The lowest BCUT2D eigenvalue weighted by molar-refractivity contribution is -0.158. The molecule has 1 rings (SSSR count). The van der Waals surface area contributed by atoms with E-state index in [2.05, 4.69) is 6.92 Å². The highest BCUT2D eigenvalue weighted by atomic mass is 27.0. The Morgan fingerprint density at radius 2 is 1.82 bits per heavy atom. The van der Waals surface area contributed by atoms with Gasteiger partial charge in [-0.3, -0.25) is 9.59 Å². The minimum absolute atomic E-state index is 0. The lowest BCUT2D eigenvalue weighted by Crippen LogP contribution is -2.38. The van der Waals surface area contributed by atoms with Gasteiger partial charge in [0.2, 0.25) is 0 Å². The molecule has 0 radical (unpaired) electrons. The van der Waals surface area contributed by atoms with Crippen LogP contribution in [0.1, 0.15) is 45.4 Å². The normalized spacial score (nSPS) is 28.2. The lowest BCUT2D eigenvalue weighted by atomic mass is 9.70. The third-order valence-corrected chi connectivity index (χ3v) is 3.56. The third kappa shape index (κ3) is 4.33. The van der Waals surface area contributed by atoms with Crippen molar-refractivity contribution in [1.82, 2.24) is 0 Å². The Balaban J connectivity index is 0.00000256. The smallest absolute Gasteiger partial charge is 0.307 e. The summed E-state index contributed by atoms with van der Waals surface area (Å²) in [6.45, 7) is 2.06. The Bertz CT molecular complexity index is 267. The Morgan fingerprint density at radius 1 is 1.18 bits per heavy atom. The molecule has 0 saturated heterocycles. The van der Waals surface area contributed by atoms with Crippen molar-refractivity contribution in [3.8, 4) is 0 Å². The maximum absolute atomic E-state index is 11.2. The van der Waals surface area contributed by atoms with E-state index in [1.807, 2.05) is 0 Å².